The molecule has 296 valence electrons. The number of nitrogens with zero attached hydrogens (tertiary/aromatic N) is 4. The highest BCUT2D eigenvalue weighted by Crippen LogP contribution is 2.43. The zero-order chi connectivity index (χ0) is 39.9. The summed E-state index contributed by atoms with van der Waals surface area (Å²) < 4.78 is 74.9. The van der Waals surface area contributed by atoms with Crippen molar-refractivity contribution in [3.63, 3.8) is 0 Å². The normalized spacial score (nSPS) is 18.5. The number of imidazole rings is 1. The van der Waals surface area contributed by atoms with E-state index in [1.807, 2.05) is 78.9 Å². The van der Waals surface area contributed by atoms with Crippen LogP contribution in [-0.2, 0) is 34.1 Å². The number of methoxy groups -OCH3 is 2. The van der Waals surface area contributed by atoms with Crippen LogP contribution in [0.3, 0.4) is 0 Å². The molecule has 1 aliphatic heterocycles. The van der Waals surface area contributed by atoms with E-state index < -0.39 is 55.6 Å². The summed E-state index contributed by atoms with van der Waals surface area (Å²) >= 11 is 0. The number of amides is 2. The molecule has 4 atom stereocenters. The van der Waals surface area contributed by atoms with Gasteiger partial charge in [-0.25, -0.2) is 15.0 Å². The number of hydrogen-bond acceptors (Lipinski definition) is 12. The van der Waals surface area contributed by atoms with E-state index in [9.17, 15) is 27.9 Å². The van der Waals surface area contributed by atoms with Crippen LogP contribution in [0.25, 0.3) is 11.2 Å². The smallest absolute Gasteiger partial charge is 0.471 e. The third-order valence-electron chi connectivity index (χ3n) is 9.01. The SMILES string of the molecule is COc1ccc(C(OC[C@H]2O[C@@H](n3cnc4c(NC(C)=O)ncnc43)[C@H](OCOCCNC(=O)C(F)(F)F)[C@H]2O)(c2ccccc2)c2ccc(OC)cc2)cc1. The maximum atomic E-state index is 12.6. The molecule has 5 aromatic rings. The van der Waals surface area contributed by atoms with E-state index in [0.717, 1.165) is 16.7 Å². The molecule has 1 aliphatic rings. The number of halogens is 3. The predicted molar refractivity (Wildman–Crippen MR) is 193 cm³/mol. The van der Waals surface area contributed by atoms with Gasteiger partial charge >= 0.3 is 12.1 Å². The van der Waals surface area contributed by atoms with Crippen molar-refractivity contribution in [1.29, 1.82) is 0 Å². The Morgan fingerprint density at radius 2 is 1.52 bits per heavy atom. The van der Waals surface area contributed by atoms with Crippen LogP contribution in [0.5, 0.6) is 11.5 Å². The predicted octanol–water partition coefficient (Wildman–Crippen LogP) is 4.11. The number of alkyl halides is 3. The lowest BCUT2D eigenvalue weighted by Crippen LogP contribution is -2.40. The van der Waals surface area contributed by atoms with Crippen LogP contribution < -0.4 is 20.1 Å². The molecule has 0 radical (unpaired) electrons. The van der Waals surface area contributed by atoms with E-state index in [-0.39, 0.29) is 36.1 Å². The number of ether oxygens (including phenoxy) is 6. The molecule has 18 heteroatoms. The van der Waals surface area contributed by atoms with Gasteiger partial charge in [0.1, 0.15) is 48.5 Å². The van der Waals surface area contributed by atoms with Gasteiger partial charge in [-0.3, -0.25) is 14.2 Å². The fourth-order valence-corrected chi connectivity index (χ4v) is 6.36. The van der Waals surface area contributed by atoms with Gasteiger partial charge in [0.25, 0.3) is 0 Å². The average molecular weight is 781 g/mol. The molecule has 3 N–H and O–H groups in total. The van der Waals surface area contributed by atoms with Gasteiger partial charge in [0, 0.05) is 13.5 Å². The summed E-state index contributed by atoms with van der Waals surface area (Å²) in [5.41, 5.74) is 1.45. The maximum Gasteiger partial charge on any atom is 0.471 e. The number of carbonyl (C=O) groups excluding carboxylic acids is 2. The second-order valence-electron chi connectivity index (χ2n) is 12.5. The minimum absolute atomic E-state index is 0.146. The Morgan fingerprint density at radius 1 is 0.893 bits per heavy atom. The van der Waals surface area contributed by atoms with Crippen molar-refractivity contribution < 1.29 is 56.3 Å². The number of hydrogen-bond donors (Lipinski definition) is 3. The molecule has 6 rings (SSSR count). The monoisotopic (exact) mass is 780 g/mol. The fourth-order valence-electron chi connectivity index (χ4n) is 6.36. The number of rotatable bonds is 16. The molecule has 0 aliphatic carbocycles. The van der Waals surface area contributed by atoms with Crippen LogP contribution in [0.15, 0.2) is 91.5 Å². The Kier molecular flexibility index (Phi) is 12.5. The third kappa shape index (κ3) is 8.58. The number of aromatic nitrogens is 4. The number of carbonyl (C=O) groups is 2. The third-order valence-corrected chi connectivity index (χ3v) is 9.01. The van der Waals surface area contributed by atoms with Crippen molar-refractivity contribution in [1.82, 2.24) is 24.8 Å². The van der Waals surface area contributed by atoms with Gasteiger partial charge in [0.15, 0.2) is 23.2 Å². The molecular weight excluding hydrogens is 741 g/mol. The Bertz CT molecular complexity index is 2040. The Balaban J connectivity index is 1.32. The first kappa shape index (κ1) is 40.0. The van der Waals surface area contributed by atoms with Gasteiger partial charge in [-0.05, 0) is 41.0 Å². The van der Waals surface area contributed by atoms with Gasteiger partial charge in [-0.1, -0.05) is 54.6 Å². The molecule has 2 aromatic heterocycles. The topological polar surface area (TPSA) is 177 Å². The average Bonchev–Trinajstić information content (AvgIpc) is 3.77. The lowest BCUT2D eigenvalue weighted by atomic mass is 9.80. The van der Waals surface area contributed by atoms with E-state index in [1.54, 1.807) is 19.5 Å². The van der Waals surface area contributed by atoms with Gasteiger partial charge in [-0.2, -0.15) is 13.2 Å². The van der Waals surface area contributed by atoms with Gasteiger partial charge in [0.05, 0.1) is 33.8 Å². The van der Waals surface area contributed by atoms with Crippen LogP contribution in [0.2, 0.25) is 0 Å². The number of aliphatic hydroxyl groups excluding tert-OH is 1. The maximum absolute atomic E-state index is 12.6. The molecule has 3 heterocycles. The zero-order valence-corrected chi connectivity index (χ0v) is 30.4. The largest absolute Gasteiger partial charge is 0.497 e. The van der Waals surface area contributed by atoms with Crippen molar-refractivity contribution in [3.05, 3.63) is 108 Å². The Morgan fingerprint density at radius 3 is 2.11 bits per heavy atom. The van der Waals surface area contributed by atoms with Crippen LogP contribution in [-0.4, -0.2) is 102 Å². The number of benzene rings is 3. The van der Waals surface area contributed by atoms with E-state index in [0.29, 0.717) is 11.5 Å². The summed E-state index contributed by atoms with van der Waals surface area (Å²) in [6, 6.07) is 24.3. The second kappa shape index (κ2) is 17.4. The summed E-state index contributed by atoms with van der Waals surface area (Å²) in [6.45, 7) is -0.154. The summed E-state index contributed by atoms with van der Waals surface area (Å²) in [4.78, 5) is 35.9. The van der Waals surface area contributed by atoms with Crippen molar-refractivity contribution in [3.8, 4) is 11.5 Å². The van der Waals surface area contributed by atoms with E-state index in [4.69, 9.17) is 28.4 Å². The number of aliphatic hydroxyl groups is 1. The van der Waals surface area contributed by atoms with Crippen LogP contribution in [0.4, 0.5) is 19.0 Å². The molecule has 2 amide bonds. The fraction of sp³-hybridized carbons (Fsp3) is 0.342. The summed E-state index contributed by atoms with van der Waals surface area (Å²) in [7, 11) is 3.14. The quantitative estimate of drug-likeness (QED) is 0.0744. The van der Waals surface area contributed by atoms with Crippen molar-refractivity contribution in [2.45, 2.75) is 43.2 Å². The first-order valence-corrected chi connectivity index (χ1v) is 17.3. The highest BCUT2D eigenvalue weighted by Gasteiger charge is 2.48. The minimum atomic E-state index is -5.04. The summed E-state index contributed by atoms with van der Waals surface area (Å²) in [6.07, 6.45) is -7.12. The lowest BCUT2D eigenvalue weighted by Gasteiger charge is -2.37. The van der Waals surface area contributed by atoms with Crippen molar-refractivity contribution in [2.24, 2.45) is 0 Å². The van der Waals surface area contributed by atoms with Gasteiger partial charge in [-0.15, -0.1) is 0 Å². The molecule has 1 saturated heterocycles. The minimum Gasteiger partial charge on any atom is -0.497 e. The molecule has 3 aromatic carbocycles. The zero-order valence-electron chi connectivity index (χ0n) is 30.4. The highest BCUT2D eigenvalue weighted by molar-refractivity contribution is 5.95. The molecular formula is C38H39F3N6O9. The highest BCUT2D eigenvalue weighted by atomic mass is 19.4. The van der Waals surface area contributed by atoms with Crippen molar-refractivity contribution in [2.75, 3.05) is 46.1 Å². The van der Waals surface area contributed by atoms with Gasteiger partial charge < -0.3 is 44.2 Å². The molecule has 0 unspecified atom stereocenters. The Labute approximate surface area is 318 Å². The number of anilines is 1. The standard InChI is InChI=1S/C38H39F3N6O9/c1-23(48)46-33-30-34(44-20-43-33)47(21-45-30)35-32(54-22-53-18-17-42-36(50)38(39,40)41)31(49)29(56-35)19-55-37(24-7-5-4-6-8-24,25-9-13-27(51-2)14-10-25)26-11-15-28(52-3)16-12-26/h4-16,20-21,29,31-32,35,49H,17-19,22H2,1-3H3,(H,42,50)(H,43,44,46,48)/t29-,31+,32-,35-/m1/s1. The summed E-state index contributed by atoms with van der Waals surface area (Å²) in [5, 5.41) is 16.2. The first-order chi connectivity index (χ1) is 27.0. The Hall–Kier alpha value is -5.66. The van der Waals surface area contributed by atoms with Crippen LogP contribution in [0, 0.1) is 0 Å². The molecule has 0 bridgehead atoms. The lowest BCUT2D eigenvalue weighted by molar-refractivity contribution is -0.174. The molecule has 0 saturated carbocycles. The second-order valence-corrected chi connectivity index (χ2v) is 12.5. The first-order valence-electron chi connectivity index (χ1n) is 17.3. The summed E-state index contributed by atoms with van der Waals surface area (Å²) in [5.74, 6) is -1.08. The van der Waals surface area contributed by atoms with E-state index >= 15 is 0 Å². The van der Waals surface area contributed by atoms with E-state index in [1.165, 1.54) is 24.1 Å². The van der Waals surface area contributed by atoms with Gasteiger partial charge in [0.2, 0.25) is 5.91 Å². The van der Waals surface area contributed by atoms with Crippen LogP contribution in [0.1, 0.15) is 29.8 Å². The molecule has 56 heavy (non-hydrogen) atoms. The van der Waals surface area contributed by atoms with Crippen molar-refractivity contribution >= 4 is 28.8 Å². The number of nitrogens with one attached hydrogen (secondary N) is 2. The molecule has 15 nitrogen and oxygen atoms in total. The number of fused-ring (bicyclic) bond motifs is 1. The molecule has 1 fully saturated rings. The molecule has 0 spiro atoms. The van der Waals surface area contributed by atoms with Crippen LogP contribution >= 0.6 is 0 Å². The van der Waals surface area contributed by atoms with E-state index in [2.05, 4.69) is 20.3 Å².